The molecule has 3 nitrogen and oxygen atoms in total. The molecule has 1 N–H and O–H groups in total. The summed E-state index contributed by atoms with van der Waals surface area (Å²) in [5.41, 5.74) is 0.993. The molecule has 4 heteroatoms. The molecule has 1 rings (SSSR count). The minimum atomic E-state index is -3.11. The Kier molecular flexibility index (Phi) is 5.41. The van der Waals surface area contributed by atoms with Gasteiger partial charge in [0.2, 0.25) is 0 Å². The average molecular weight is 283 g/mol. The first-order valence-corrected chi connectivity index (χ1v) is 8.57. The third-order valence-corrected chi connectivity index (χ3v) is 4.98. The van der Waals surface area contributed by atoms with Crippen LogP contribution in [0.4, 0.5) is 5.69 Å². The van der Waals surface area contributed by atoms with Crippen LogP contribution in [0, 0.1) is 0 Å². The molecule has 0 spiro atoms. The van der Waals surface area contributed by atoms with Gasteiger partial charge in [-0.25, -0.2) is 8.42 Å². The normalized spacial score (nSPS) is 12.4. The van der Waals surface area contributed by atoms with Gasteiger partial charge in [0.05, 0.1) is 10.6 Å². The number of anilines is 1. The van der Waals surface area contributed by atoms with Gasteiger partial charge < -0.3 is 5.32 Å². The Morgan fingerprint density at radius 2 is 1.63 bits per heavy atom. The van der Waals surface area contributed by atoms with Gasteiger partial charge in [-0.15, -0.1) is 0 Å². The van der Waals surface area contributed by atoms with Crippen LogP contribution in [0.15, 0.2) is 29.2 Å². The Morgan fingerprint density at radius 1 is 1.05 bits per heavy atom. The summed E-state index contributed by atoms with van der Waals surface area (Å²) in [6.45, 7) is 8.33. The van der Waals surface area contributed by atoms with E-state index in [1.807, 2.05) is 19.1 Å². The van der Waals surface area contributed by atoms with Crippen LogP contribution in [-0.2, 0) is 9.84 Å². The fraction of sp³-hybridized carbons (Fsp3) is 0.600. The molecule has 0 saturated carbocycles. The van der Waals surface area contributed by atoms with Gasteiger partial charge in [0, 0.05) is 11.2 Å². The molecule has 0 heterocycles. The molecule has 0 radical (unpaired) electrons. The van der Waals surface area contributed by atoms with Crippen LogP contribution in [0.5, 0.6) is 0 Å². The van der Waals surface area contributed by atoms with E-state index in [1.54, 1.807) is 12.1 Å². The van der Waals surface area contributed by atoms with Crippen LogP contribution in [0.1, 0.15) is 47.0 Å². The van der Waals surface area contributed by atoms with Crippen LogP contribution < -0.4 is 5.32 Å². The van der Waals surface area contributed by atoms with E-state index in [9.17, 15) is 8.42 Å². The largest absolute Gasteiger partial charge is 0.380 e. The minimum absolute atomic E-state index is 0.0263. The highest BCUT2D eigenvalue weighted by Gasteiger charge is 2.17. The molecule has 19 heavy (non-hydrogen) atoms. The van der Waals surface area contributed by atoms with E-state index in [-0.39, 0.29) is 11.3 Å². The lowest BCUT2D eigenvalue weighted by molar-refractivity contribution is 0.511. The summed E-state index contributed by atoms with van der Waals surface area (Å²) in [4.78, 5) is 0.410. The zero-order valence-corrected chi connectivity index (χ0v) is 13.2. The minimum Gasteiger partial charge on any atom is -0.380 e. The Balaban J connectivity index is 2.83. The number of hydrogen-bond acceptors (Lipinski definition) is 3. The number of rotatable bonds is 7. The first-order valence-electron chi connectivity index (χ1n) is 6.92. The van der Waals surface area contributed by atoms with Crippen molar-refractivity contribution >= 4 is 15.5 Å². The van der Waals surface area contributed by atoms with Gasteiger partial charge >= 0.3 is 0 Å². The van der Waals surface area contributed by atoms with Gasteiger partial charge in [0.1, 0.15) is 0 Å². The second kappa shape index (κ2) is 6.42. The fourth-order valence-corrected chi connectivity index (χ4v) is 3.53. The highest BCUT2D eigenvalue weighted by atomic mass is 32.2. The maximum Gasteiger partial charge on any atom is 0.178 e. The van der Waals surface area contributed by atoms with Gasteiger partial charge in [0.25, 0.3) is 0 Å². The van der Waals surface area contributed by atoms with Crippen molar-refractivity contribution in [3.63, 3.8) is 0 Å². The van der Waals surface area contributed by atoms with Crippen molar-refractivity contribution in [1.82, 2.24) is 0 Å². The number of hydrogen-bond donors (Lipinski definition) is 1. The van der Waals surface area contributed by atoms with Crippen molar-refractivity contribution in [1.29, 1.82) is 0 Å². The van der Waals surface area contributed by atoms with Crippen LogP contribution in [0.25, 0.3) is 0 Å². The maximum atomic E-state index is 11.9. The van der Waals surface area contributed by atoms with Crippen LogP contribution in [0.2, 0.25) is 0 Å². The van der Waals surface area contributed by atoms with Crippen molar-refractivity contribution in [3.05, 3.63) is 24.3 Å². The summed E-state index contributed by atoms with van der Waals surface area (Å²) >= 11 is 0. The van der Waals surface area contributed by atoms with Gasteiger partial charge in [0.15, 0.2) is 9.84 Å². The zero-order valence-electron chi connectivity index (χ0n) is 12.4. The predicted octanol–water partition coefficient (Wildman–Crippen LogP) is 3.86. The van der Waals surface area contributed by atoms with Gasteiger partial charge in [-0.3, -0.25) is 0 Å². The molecule has 0 amide bonds. The van der Waals surface area contributed by atoms with E-state index in [4.69, 9.17) is 0 Å². The van der Waals surface area contributed by atoms with Gasteiger partial charge in [-0.2, -0.15) is 0 Å². The van der Waals surface area contributed by atoms with E-state index in [1.165, 1.54) is 0 Å². The van der Waals surface area contributed by atoms with E-state index in [0.717, 1.165) is 18.5 Å². The van der Waals surface area contributed by atoms with Crippen molar-refractivity contribution in [2.75, 3.05) is 11.1 Å². The number of sulfone groups is 1. The van der Waals surface area contributed by atoms with Crippen LogP contribution in [-0.4, -0.2) is 19.7 Å². The predicted molar refractivity (Wildman–Crippen MR) is 81.4 cm³/mol. The smallest absolute Gasteiger partial charge is 0.178 e. The zero-order chi connectivity index (χ0) is 14.5. The van der Waals surface area contributed by atoms with Gasteiger partial charge in [-0.1, -0.05) is 20.3 Å². The molecular formula is C15H25NO2S. The maximum absolute atomic E-state index is 11.9. The standard InChI is InChI=1S/C15H25NO2S/c1-5-11-15(3,4)16-13-7-9-14(10-8-13)19(17,18)12-6-2/h7-10,16H,5-6,11-12H2,1-4H3. The summed E-state index contributed by atoms with van der Waals surface area (Å²) in [7, 11) is -3.11. The topological polar surface area (TPSA) is 46.2 Å². The Morgan fingerprint density at radius 3 is 2.11 bits per heavy atom. The molecule has 0 bridgehead atoms. The molecule has 0 fully saturated rings. The fourth-order valence-electron chi connectivity index (χ4n) is 2.21. The highest BCUT2D eigenvalue weighted by Crippen LogP contribution is 2.21. The molecule has 0 aliphatic heterocycles. The van der Waals surface area contributed by atoms with E-state index in [2.05, 4.69) is 26.1 Å². The summed E-state index contributed by atoms with van der Waals surface area (Å²) in [5.74, 6) is 0.209. The van der Waals surface area contributed by atoms with Crippen molar-refractivity contribution in [3.8, 4) is 0 Å². The lowest BCUT2D eigenvalue weighted by Crippen LogP contribution is -2.30. The lowest BCUT2D eigenvalue weighted by Gasteiger charge is -2.27. The SMILES string of the molecule is CCCC(C)(C)Nc1ccc(S(=O)(=O)CCC)cc1. The van der Waals surface area contributed by atoms with E-state index in [0.29, 0.717) is 11.3 Å². The Hall–Kier alpha value is -1.03. The lowest BCUT2D eigenvalue weighted by atomic mass is 9.98. The summed E-state index contributed by atoms with van der Waals surface area (Å²) in [6, 6.07) is 7.07. The number of benzene rings is 1. The molecule has 1 aromatic carbocycles. The third kappa shape index (κ3) is 4.86. The van der Waals surface area contributed by atoms with Crippen molar-refractivity contribution in [2.45, 2.75) is 57.4 Å². The third-order valence-electron chi connectivity index (χ3n) is 3.04. The second-order valence-corrected chi connectivity index (χ2v) is 7.71. The molecule has 0 aliphatic carbocycles. The highest BCUT2D eigenvalue weighted by molar-refractivity contribution is 7.91. The molecule has 0 aliphatic rings. The summed E-state index contributed by atoms with van der Waals surface area (Å²) in [6.07, 6.45) is 2.83. The molecule has 0 aromatic heterocycles. The Bertz CT molecular complexity index is 489. The van der Waals surface area contributed by atoms with E-state index >= 15 is 0 Å². The van der Waals surface area contributed by atoms with Crippen molar-refractivity contribution < 1.29 is 8.42 Å². The molecule has 0 atom stereocenters. The molecule has 108 valence electrons. The second-order valence-electron chi connectivity index (χ2n) is 5.60. The van der Waals surface area contributed by atoms with Crippen LogP contribution >= 0.6 is 0 Å². The summed E-state index contributed by atoms with van der Waals surface area (Å²) < 4.78 is 23.8. The Labute approximate surface area is 117 Å². The monoisotopic (exact) mass is 283 g/mol. The van der Waals surface area contributed by atoms with Crippen LogP contribution in [0.3, 0.4) is 0 Å². The average Bonchev–Trinajstić information content (AvgIpc) is 2.28. The first kappa shape index (κ1) is 16.0. The number of nitrogens with one attached hydrogen (secondary N) is 1. The summed E-state index contributed by atoms with van der Waals surface area (Å²) in [5, 5.41) is 3.44. The first-order chi connectivity index (χ1) is 8.80. The van der Waals surface area contributed by atoms with Crippen molar-refractivity contribution in [2.24, 2.45) is 0 Å². The van der Waals surface area contributed by atoms with Gasteiger partial charge in [-0.05, 0) is 51.0 Å². The molecule has 0 saturated heterocycles. The molecule has 1 aromatic rings. The molecular weight excluding hydrogens is 258 g/mol. The quantitative estimate of drug-likeness (QED) is 0.826. The van der Waals surface area contributed by atoms with E-state index < -0.39 is 9.84 Å². The molecule has 0 unspecified atom stereocenters.